The van der Waals surface area contributed by atoms with Gasteiger partial charge in [0.05, 0.1) is 0 Å². The molecule has 1 aromatic carbocycles. The number of rotatable bonds is 4. The molecule has 3 heterocycles. The first-order valence-corrected chi connectivity index (χ1v) is 10.3. The maximum atomic E-state index is 12.9. The quantitative estimate of drug-likeness (QED) is 0.560. The van der Waals surface area contributed by atoms with Crippen molar-refractivity contribution in [1.82, 2.24) is 14.9 Å². The molecule has 0 amide bonds. The molecule has 9 heteroatoms. The van der Waals surface area contributed by atoms with Crippen LogP contribution >= 0.6 is 22.9 Å². The van der Waals surface area contributed by atoms with E-state index >= 15 is 0 Å². The summed E-state index contributed by atoms with van der Waals surface area (Å²) in [7, 11) is 0. The molecule has 0 aliphatic carbocycles. The number of piperazine rings is 1. The van der Waals surface area contributed by atoms with Crippen molar-refractivity contribution in [3.63, 3.8) is 0 Å². The van der Waals surface area contributed by atoms with E-state index in [1.54, 1.807) is 16.2 Å². The average Bonchev–Trinajstić information content (AvgIpc) is 3.16. The highest BCUT2D eigenvalue weighted by molar-refractivity contribution is 7.15. The van der Waals surface area contributed by atoms with Crippen molar-refractivity contribution in [3.05, 3.63) is 64.3 Å². The summed E-state index contributed by atoms with van der Waals surface area (Å²) >= 11 is 7.99. The van der Waals surface area contributed by atoms with Gasteiger partial charge in [-0.15, -0.1) is 11.3 Å². The first-order chi connectivity index (χ1) is 13.9. The minimum Gasteiger partial charge on any atom is -0.338 e. The molecule has 0 unspecified atom stereocenters. The number of benzene rings is 1. The second kappa shape index (κ2) is 8.30. The molecule has 29 heavy (non-hydrogen) atoms. The molecule has 1 saturated heterocycles. The lowest BCUT2D eigenvalue weighted by Crippen LogP contribution is -2.46. The molecule has 4 rings (SSSR count). The number of alkyl halides is 3. The largest absolute Gasteiger partial charge is 0.433 e. The smallest absolute Gasteiger partial charge is 0.338 e. The zero-order chi connectivity index (χ0) is 20.4. The van der Waals surface area contributed by atoms with Crippen LogP contribution in [0.3, 0.4) is 0 Å². The Morgan fingerprint density at radius 2 is 1.76 bits per heavy atom. The Kier molecular flexibility index (Phi) is 5.76. The summed E-state index contributed by atoms with van der Waals surface area (Å²) in [4.78, 5) is 14.1. The van der Waals surface area contributed by atoms with Crippen molar-refractivity contribution in [1.29, 1.82) is 0 Å². The minimum absolute atomic E-state index is 0.136. The molecule has 0 saturated carbocycles. The Bertz CT molecular complexity index is 984. The topological polar surface area (TPSA) is 32.3 Å². The van der Waals surface area contributed by atoms with E-state index in [0.29, 0.717) is 13.1 Å². The van der Waals surface area contributed by atoms with E-state index in [-0.39, 0.29) is 5.95 Å². The van der Waals surface area contributed by atoms with Crippen molar-refractivity contribution < 1.29 is 13.2 Å². The second-order valence-electron chi connectivity index (χ2n) is 6.75. The van der Waals surface area contributed by atoms with E-state index in [1.165, 1.54) is 11.1 Å². The first kappa shape index (κ1) is 20.1. The Balaban J connectivity index is 1.37. The van der Waals surface area contributed by atoms with Crippen LogP contribution in [0.4, 0.5) is 19.1 Å². The van der Waals surface area contributed by atoms with Gasteiger partial charge < -0.3 is 4.90 Å². The van der Waals surface area contributed by atoms with Gasteiger partial charge in [0.1, 0.15) is 5.69 Å². The lowest BCUT2D eigenvalue weighted by molar-refractivity contribution is -0.141. The Morgan fingerprint density at radius 1 is 1.00 bits per heavy atom. The van der Waals surface area contributed by atoms with Gasteiger partial charge in [-0.3, -0.25) is 4.90 Å². The van der Waals surface area contributed by atoms with E-state index in [1.807, 2.05) is 24.3 Å². The summed E-state index contributed by atoms with van der Waals surface area (Å²) in [6.45, 7) is 3.44. The predicted octanol–water partition coefficient (Wildman–Crippen LogP) is 5.20. The average molecular weight is 439 g/mol. The number of anilines is 1. The lowest BCUT2D eigenvalue weighted by Gasteiger charge is -2.34. The van der Waals surface area contributed by atoms with E-state index in [4.69, 9.17) is 11.6 Å². The van der Waals surface area contributed by atoms with Crippen molar-refractivity contribution in [2.45, 2.75) is 12.7 Å². The molecule has 1 fully saturated rings. The zero-order valence-corrected chi connectivity index (χ0v) is 16.9. The molecule has 0 atom stereocenters. The molecule has 4 nitrogen and oxygen atoms in total. The van der Waals surface area contributed by atoms with Crippen LogP contribution in [0.2, 0.25) is 5.02 Å². The first-order valence-electron chi connectivity index (χ1n) is 9.11. The second-order valence-corrected chi connectivity index (χ2v) is 8.32. The van der Waals surface area contributed by atoms with Crippen LogP contribution in [-0.2, 0) is 12.7 Å². The molecular formula is C20H18ClF3N4S. The van der Waals surface area contributed by atoms with Crippen LogP contribution in [0.1, 0.15) is 10.6 Å². The Labute approximate surface area is 175 Å². The number of hydrogen-bond acceptors (Lipinski definition) is 5. The maximum absolute atomic E-state index is 12.9. The van der Waals surface area contributed by atoms with Crippen LogP contribution in [0, 0.1) is 0 Å². The molecule has 0 radical (unpaired) electrons. The normalized spacial score (nSPS) is 15.7. The number of aromatic nitrogens is 2. The third kappa shape index (κ3) is 4.71. The van der Waals surface area contributed by atoms with Gasteiger partial charge in [-0.2, -0.15) is 13.2 Å². The fourth-order valence-corrected chi connectivity index (χ4v) is 4.64. The number of halogens is 4. The molecule has 0 bridgehead atoms. The minimum atomic E-state index is -4.46. The van der Waals surface area contributed by atoms with Gasteiger partial charge in [0.15, 0.2) is 0 Å². The van der Waals surface area contributed by atoms with E-state index < -0.39 is 11.9 Å². The Morgan fingerprint density at radius 3 is 2.48 bits per heavy atom. The molecule has 2 aromatic heterocycles. The number of thiophene rings is 1. The summed E-state index contributed by atoms with van der Waals surface area (Å²) in [5.74, 6) is 0.136. The molecule has 1 aliphatic rings. The molecule has 3 aromatic rings. The number of nitrogens with zero attached hydrogens (tertiary/aromatic N) is 4. The fraction of sp³-hybridized carbons (Fsp3) is 0.300. The van der Waals surface area contributed by atoms with Gasteiger partial charge in [0.2, 0.25) is 5.95 Å². The van der Waals surface area contributed by atoms with Gasteiger partial charge in [-0.25, -0.2) is 9.97 Å². The van der Waals surface area contributed by atoms with Gasteiger partial charge in [-0.1, -0.05) is 29.8 Å². The molecular weight excluding hydrogens is 421 g/mol. The highest BCUT2D eigenvalue weighted by Gasteiger charge is 2.33. The zero-order valence-electron chi connectivity index (χ0n) is 15.4. The summed E-state index contributed by atoms with van der Waals surface area (Å²) in [5.41, 5.74) is 0.118. The lowest BCUT2D eigenvalue weighted by atomic mass is 10.2. The van der Waals surface area contributed by atoms with Crippen molar-refractivity contribution in [2.24, 2.45) is 0 Å². The summed E-state index contributed by atoms with van der Waals surface area (Å²) in [6.07, 6.45) is -3.29. The van der Waals surface area contributed by atoms with Gasteiger partial charge >= 0.3 is 6.18 Å². The van der Waals surface area contributed by atoms with Crippen LogP contribution in [0.5, 0.6) is 0 Å². The predicted molar refractivity (Wildman–Crippen MR) is 109 cm³/mol. The highest BCUT2D eigenvalue weighted by atomic mass is 35.5. The van der Waals surface area contributed by atoms with E-state index in [2.05, 4.69) is 27.0 Å². The van der Waals surface area contributed by atoms with Gasteiger partial charge in [0, 0.05) is 59.3 Å². The monoisotopic (exact) mass is 438 g/mol. The van der Waals surface area contributed by atoms with Crippen LogP contribution in [0.25, 0.3) is 10.4 Å². The van der Waals surface area contributed by atoms with Crippen LogP contribution in [0.15, 0.2) is 48.7 Å². The van der Waals surface area contributed by atoms with Gasteiger partial charge in [-0.05, 0) is 24.3 Å². The van der Waals surface area contributed by atoms with Crippen molar-refractivity contribution >= 4 is 28.9 Å². The highest BCUT2D eigenvalue weighted by Crippen LogP contribution is 2.34. The summed E-state index contributed by atoms with van der Waals surface area (Å²) < 4.78 is 38.6. The molecule has 0 N–H and O–H groups in total. The van der Waals surface area contributed by atoms with Gasteiger partial charge in [0.25, 0.3) is 0 Å². The van der Waals surface area contributed by atoms with Crippen LogP contribution < -0.4 is 4.90 Å². The number of hydrogen-bond donors (Lipinski definition) is 0. The van der Waals surface area contributed by atoms with Crippen molar-refractivity contribution in [2.75, 3.05) is 31.1 Å². The third-order valence-electron chi connectivity index (χ3n) is 4.77. The summed E-state index contributed by atoms with van der Waals surface area (Å²) in [6, 6.07) is 12.8. The molecule has 1 aliphatic heterocycles. The molecule has 0 spiro atoms. The van der Waals surface area contributed by atoms with Crippen molar-refractivity contribution in [3.8, 4) is 10.4 Å². The van der Waals surface area contributed by atoms with E-state index in [9.17, 15) is 13.2 Å². The molecule has 152 valence electrons. The summed E-state index contributed by atoms with van der Waals surface area (Å²) in [5, 5.41) is 0.732. The maximum Gasteiger partial charge on any atom is 0.433 e. The van der Waals surface area contributed by atoms with E-state index in [0.717, 1.165) is 41.2 Å². The van der Waals surface area contributed by atoms with Crippen LogP contribution in [-0.4, -0.2) is 41.0 Å². The SMILES string of the molecule is FC(F)(F)c1ccnc(N2CCN(Cc3ccc(-c4ccccc4Cl)s3)CC2)n1. The fourth-order valence-electron chi connectivity index (χ4n) is 3.25. The Hall–Kier alpha value is -2.16. The third-order valence-corrected chi connectivity index (χ3v) is 6.20. The standard InChI is InChI=1S/C20H18ClF3N4S/c21-16-4-2-1-3-15(16)17-6-5-14(29-17)13-27-9-11-28(12-10-27)19-25-8-7-18(26-19)20(22,23)24/h1-8H,9-13H2.